The molecule has 198 valence electrons. The first-order chi connectivity index (χ1) is 18.4. The number of hydrogen-bond donors (Lipinski definition) is 2. The van der Waals surface area contributed by atoms with E-state index in [-0.39, 0.29) is 11.2 Å². The van der Waals surface area contributed by atoms with E-state index in [0.717, 1.165) is 38.2 Å². The molecule has 0 aliphatic carbocycles. The molecule has 0 aliphatic heterocycles. The minimum Gasteiger partial charge on any atom is -0.332 e. The number of alkyl halides is 6. The van der Waals surface area contributed by atoms with Crippen LogP contribution < -0.4 is 10.6 Å². The Morgan fingerprint density at radius 1 is 0.615 bits per heavy atom. The molecule has 0 aliphatic rings. The lowest BCUT2D eigenvalue weighted by molar-refractivity contribution is -0.143. The van der Waals surface area contributed by atoms with Gasteiger partial charge in [-0.1, -0.05) is 66.7 Å². The predicted octanol–water partition coefficient (Wildman–Crippen LogP) is 9.81. The van der Waals surface area contributed by atoms with Gasteiger partial charge in [0.25, 0.3) is 0 Å². The van der Waals surface area contributed by atoms with Gasteiger partial charge in [-0.25, -0.2) is 0 Å². The Labute approximate surface area is 225 Å². The third-order valence-electron chi connectivity index (χ3n) is 6.41. The van der Waals surface area contributed by atoms with Crippen molar-refractivity contribution < 1.29 is 26.3 Å². The smallest absolute Gasteiger partial charge is 0.332 e. The van der Waals surface area contributed by atoms with Crippen LogP contribution in [0.25, 0.3) is 32.7 Å². The van der Waals surface area contributed by atoms with Gasteiger partial charge < -0.3 is 10.6 Å². The highest BCUT2D eigenvalue weighted by Crippen LogP contribution is 2.42. The van der Waals surface area contributed by atoms with E-state index in [0.29, 0.717) is 17.8 Å². The van der Waals surface area contributed by atoms with Gasteiger partial charge in [0.05, 0.1) is 11.1 Å². The molecular formula is C30H20F6N2S. The molecule has 0 unspecified atom stereocenters. The lowest BCUT2D eigenvalue weighted by Crippen LogP contribution is -2.21. The number of nitrogens with one attached hydrogen (secondary N) is 2. The van der Waals surface area contributed by atoms with Crippen LogP contribution in [0.15, 0.2) is 91.0 Å². The van der Waals surface area contributed by atoms with Crippen molar-refractivity contribution in [1.82, 2.24) is 0 Å². The van der Waals surface area contributed by atoms with Crippen molar-refractivity contribution in [2.24, 2.45) is 0 Å². The van der Waals surface area contributed by atoms with Crippen LogP contribution in [0.1, 0.15) is 16.7 Å². The second-order valence-corrected chi connectivity index (χ2v) is 9.47. The molecule has 0 aromatic heterocycles. The Morgan fingerprint density at radius 2 is 1.13 bits per heavy atom. The van der Waals surface area contributed by atoms with E-state index >= 15 is 0 Å². The van der Waals surface area contributed by atoms with Crippen LogP contribution in [0.4, 0.5) is 37.7 Å². The number of halogens is 6. The molecule has 2 nitrogen and oxygen atoms in total. The van der Waals surface area contributed by atoms with Crippen LogP contribution in [-0.4, -0.2) is 5.11 Å². The molecule has 0 spiro atoms. The quantitative estimate of drug-likeness (QED) is 0.171. The van der Waals surface area contributed by atoms with Crippen molar-refractivity contribution in [2.45, 2.75) is 19.3 Å². The van der Waals surface area contributed by atoms with E-state index in [1.807, 2.05) is 73.7 Å². The maximum Gasteiger partial charge on any atom is 0.416 e. The fourth-order valence-electron chi connectivity index (χ4n) is 4.67. The number of thiocarbonyl (C=S) groups is 1. The molecule has 0 heterocycles. The Hall–Kier alpha value is -4.11. The number of anilines is 2. The fraction of sp³-hybridized carbons (Fsp3) is 0.100. The highest BCUT2D eigenvalue weighted by Gasteiger charge is 2.37. The number of rotatable bonds is 3. The maximum absolute atomic E-state index is 13.3. The first-order valence-corrected chi connectivity index (χ1v) is 12.2. The Morgan fingerprint density at radius 3 is 1.69 bits per heavy atom. The zero-order valence-electron chi connectivity index (χ0n) is 20.3. The average molecular weight is 555 g/mol. The van der Waals surface area contributed by atoms with E-state index in [1.54, 1.807) is 6.07 Å². The molecule has 0 radical (unpaired) electrons. The van der Waals surface area contributed by atoms with Crippen molar-refractivity contribution in [1.29, 1.82) is 0 Å². The van der Waals surface area contributed by atoms with Gasteiger partial charge in [0.2, 0.25) is 0 Å². The minimum absolute atomic E-state index is 0.0758. The fourth-order valence-corrected chi connectivity index (χ4v) is 4.90. The summed E-state index contributed by atoms with van der Waals surface area (Å²) in [4.78, 5) is 0. The van der Waals surface area contributed by atoms with Crippen LogP contribution in [0.3, 0.4) is 0 Å². The summed E-state index contributed by atoms with van der Waals surface area (Å²) in [5.74, 6) is 0. The summed E-state index contributed by atoms with van der Waals surface area (Å²) >= 11 is 5.37. The van der Waals surface area contributed by atoms with Gasteiger partial charge in [0, 0.05) is 16.9 Å². The van der Waals surface area contributed by atoms with Crippen molar-refractivity contribution >= 4 is 50.2 Å². The van der Waals surface area contributed by atoms with Crippen molar-refractivity contribution in [2.75, 3.05) is 10.6 Å². The Bertz CT molecular complexity index is 1690. The molecule has 0 bridgehead atoms. The molecule has 0 atom stereocenters. The first-order valence-electron chi connectivity index (χ1n) is 11.8. The molecule has 39 heavy (non-hydrogen) atoms. The standard InChI is InChI=1S/C30H20F6N2S/c1-17-10-11-18-6-2-4-8-23(18)26(17)27-24-9-5-3-7-19(24)12-13-25(27)38-28(39)37-22-15-20(29(31,32)33)14-21(16-22)30(34,35)36/h2-16H,1H3,(H2,37,38,39). The van der Waals surface area contributed by atoms with Crippen molar-refractivity contribution in [3.63, 3.8) is 0 Å². The summed E-state index contributed by atoms with van der Waals surface area (Å²) < 4.78 is 80.0. The van der Waals surface area contributed by atoms with Crippen LogP contribution in [0.5, 0.6) is 0 Å². The third-order valence-corrected chi connectivity index (χ3v) is 6.61. The molecule has 5 rings (SSSR count). The van der Waals surface area contributed by atoms with E-state index in [1.165, 1.54) is 0 Å². The molecular weight excluding hydrogens is 534 g/mol. The molecule has 0 fully saturated rings. The summed E-state index contributed by atoms with van der Waals surface area (Å²) in [5.41, 5.74) is -0.00678. The number of hydrogen-bond acceptors (Lipinski definition) is 1. The molecule has 0 saturated carbocycles. The monoisotopic (exact) mass is 554 g/mol. The maximum atomic E-state index is 13.3. The zero-order chi connectivity index (χ0) is 27.9. The Balaban J connectivity index is 1.60. The van der Waals surface area contributed by atoms with Gasteiger partial charge in [-0.15, -0.1) is 0 Å². The predicted molar refractivity (Wildman–Crippen MR) is 148 cm³/mol. The van der Waals surface area contributed by atoms with Gasteiger partial charge >= 0.3 is 12.4 Å². The lowest BCUT2D eigenvalue weighted by atomic mass is 9.89. The van der Waals surface area contributed by atoms with Crippen LogP contribution in [-0.2, 0) is 12.4 Å². The minimum atomic E-state index is -4.97. The van der Waals surface area contributed by atoms with E-state index in [4.69, 9.17) is 12.2 Å². The summed E-state index contributed by atoms with van der Waals surface area (Å²) in [6.45, 7) is 1.98. The van der Waals surface area contributed by atoms with Gasteiger partial charge in [-0.2, -0.15) is 26.3 Å². The largest absolute Gasteiger partial charge is 0.416 e. The summed E-state index contributed by atoms with van der Waals surface area (Å²) in [6, 6.07) is 24.5. The van der Waals surface area contributed by atoms with Crippen molar-refractivity contribution in [3.8, 4) is 11.1 Å². The van der Waals surface area contributed by atoms with Crippen molar-refractivity contribution in [3.05, 3.63) is 108 Å². The van der Waals surface area contributed by atoms with Gasteiger partial charge in [-0.05, 0) is 76.1 Å². The highest BCUT2D eigenvalue weighted by molar-refractivity contribution is 7.80. The topological polar surface area (TPSA) is 24.1 Å². The van der Waals surface area contributed by atoms with Gasteiger partial charge in [0.15, 0.2) is 5.11 Å². The number of benzene rings is 5. The Kier molecular flexibility index (Phi) is 6.72. The van der Waals surface area contributed by atoms with Crippen LogP contribution >= 0.6 is 12.2 Å². The zero-order valence-corrected chi connectivity index (χ0v) is 21.2. The van der Waals surface area contributed by atoms with Gasteiger partial charge in [-0.3, -0.25) is 0 Å². The van der Waals surface area contributed by atoms with E-state index in [9.17, 15) is 26.3 Å². The number of fused-ring (bicyclic) bond motifs is 2. The molecule has 5 aromatic rings. The molecule has 2 N–H and O–H groups in total. The summed E-state index contributed by atoms with van der Waals surface area (Å²) in [6.07, 6.45) is -9.94. The molecule has 5 aromatic carbocycles. The summed E-state index contributed by atoms with van der Waals surface area (Å²) in [5, 5.41) is 9.24. The van der Waals surface area contributed by atoms with E-state index < -0.39 is 29.2 Å². The SMILES string of the molecule is Cc1ccc2ccccc2c1-c1c(NC(=S)Nc2cc(C(F)(F)F)cc(C(F)(F)F)c2)ccc2ccccc12. The first kappa shape index (κ1) is 26.5. The van der Waals surface area contributed by atoms with E-state index in [2.05, 4.69) is 10.6 Å². The third kappa shape index (κ3) is 5.40. The second kappa shape index (κ2) is 9.89. The molecule has 0 amide bonds. The van der Waals surface area contributed by atoms with Crippen LogP contribution in [0, 0.1) is 6.92 Å². The highest BCUT2D eigenvalue weighted by atomic mass is 32.1. The van der Waals surface area contributed by atoms with Gasteiger partial charge in [0.1, 0.15) is 0 Å². The normalized spacial score (nSPS) is 12.1. The number of aryl methyl sites for hydroxylation is 1. The lowest BCUT2D eigenvalue weighted by Gasteiger charge is -2.20. The van der Waals surface area contributed by atoms with Crippen LogP contribution in [0.2, 0.25) is 0 Å². The second-order valence-electron chi connectivity index (χ2n) is 9.06. The summed E-state index contributed by atoms with van der Waals surface area (Å²) in [7, 11) is 0. The molecule has 0 saturated heterocycles. The average Bonchev–Trinajstić information content (AvgIpc) is 2.88. The molecule has 9 heteroatoms.